The zero-order valence-electron chi connectivity index (χ0n) is 9.69. The van der Waals surface area contributed by atoms with Gasteiger partial charge in [0.25, 0.3) is 0 Å². The van der Waals surface area contributed by atoms with Crippen molar-refractivity contribution in [2.24, 2.45) is 0 Å². The predicted octanol–water partition coefficient (Wildman–Crippen LogP) is -0.702. The Morgan fingerprint density at radius 1 is 1.53 bits per heavy atom. The number of carbonyl (C=O) groups is 1. The maximum absolute atomic E-state index is 12.2. The summed E-state index contributed by atoms with van der Waals surface area (Å²) in [6.45, 7) is 0.436. The number of amides is 1. The molecule has 1 fully saturated rings. The third-order valence-electron chi connectivity index (χ3n) is 2.72. The topological polar surface area (TPSA) is 99.0 Å². The van der Waals surface area contributed by atoms with E-state index in [1.165, 1.54) is 0 Å². The monoisotopic (exact) mass is 399 g/mol. The van der Waals surface area contributed by atoms with Crippen molar-refractivity contribution in [3.8, 4) is 0 Å². The predicted molar refractivity (Wildman–Crippen MR) is 64.4 cm³/mol. The molecular weight excluding hydrogens is 386 g/mol. The number of hydrogen-bond donors (Lipinski definition) is 4. The first-order valence-electron chi connectivity index (χ1n) is 5.21. The molecule has 4 N–H and O–H groups in total. The normalized spacial score (nSPS) is 40.0. The van der Waals surface area contributed by atoms with E-state index in [1.54, 1.807) is 27.9 Å². The van der Waals surface area contributed by atoms with Gasteiger partial charge >= 0.3 is 12.1 Å². The first kappa shape index (κ1) is 16.9. The second kappa shape index (κ2) is 5.68. The highest BCUT2D eigenvalue weighted by Crippen LogP contribution is 2.32. The van der Waals surface area contributed by atoms with Gasteiger partial charge in [0, 0.05) is 0 Å². The number of alkyl halides is 4. The highest BCUT2D eigenvalue weighted by Gasteiger charge is 2.53. The molecule has 1 aliphatic rings. The third kappa shape index (κ3) is 3.68. The second-order valence-corrected chi connectivity index (χ2v) is 5.72. The fourth-order valence-corrected chi connectivity index (χ4v) is 3.04. The van der Waals surface area contributed by atoms with Crippen molar-refractivity contribution in [1.82, 2.24) is 5.32 Å². The first-order chi connectivity index (χ1) is 8.50. The summed E-state index contributed by atoms with van der Waals surface area (Å²) in [4.78, 5) is 10.9. The quantitative estimate of drug-likeness (QED) is 0.364. The molecule has 1 amide bonds. The maximum Gasteiger partial charge on any atom is 0.471 e. The molecule has 0 aromatic carbocycles. The Labute approximate surface area is 120 Å². The van der Waals surface area contributed by atoms with Crippen LogP contribution in [0.3, 0.4) is 0 Å². The summed E-state index contributed by atoms with van der Waals surface area (Å²) in [6, 6.07) is -1.47. The van der Waals surface area contributed by atoms with Crippen LogP contribution in [0.4, 0.5) is 13.2 Å². The molecule has 0 aromatic heterocycles. The molecule has 6 nitrogen and oxygen atoms in total. The number of aliphatic hydroxyl groups excluding tert-OH is 2. The number of hydrogen-bond acceptors (Lipinski definition) is 5. The first-order valence-corrected chi connectivity index (χ1v) is 6.46. The number of aliphatic hydroxyl groups is 3. The Kier molecular flexibility index (Phi) is 5.04. The van der Waals surface area contributed by atoms with Crippen molar-refractivity contribution in [2.75, 3.05) is 6.61 Å². The van der Waals surface area contributed by atoms with Crippen LogP contribution in [-0.4, -0.2) is 62.0 Å². The van der Waals surface area contributed by atoms with Crippen LogP contribution < -0.4 is 5.32 Å². The number of carbonyl (C=O) groups excluding carboxylic acids is 1. The highest BCUT2D eigenvalue weighted by molar-refractivity contribution is 14.1. The number of ether oxygens (including phenoxy) is 1. The van der Waals surface area contributed by atoms with Crippen LogP contribution in [0.25, 0.3) is 0 Å². The van der Waals surface area contributed by atoms with Crippen LogP contribution in [0.2, 0.25) is 0 Å². The molecule has 0 aromatic rings. The van der Waals surface area contributed by atoms with Gasteiger partial charge in [-0.1, -0.05) is 22.6 Å². The van der Waals surface area contributed by atoms with E-state index in [4.69, 9.17) is 9.84 Å². The number of nitrogens with one attached hydrogen (secondary N) is 1. The van der Waals surface area contributed by atoms with Crippen molar-refractivity contribution in [3.63, 3.8) is 0 Å². The van der Waals surface area contributed by atoms with Crippen LogP contribution in [0.5, 0.6) is 0 Å². The summed E-state index contributed by atoms with van der Waals surface area (Å²) in [5, 5.41) is 30.2. The highest BCUT2D eigenvalue weighted by atomic mass is 127. The fraction of sp³-hybridized carbons (Fsp3) is 0.889. The maximum atomic E-state index is 12.2. The van der Waals surface area contributed by atoms with E-state index < -0.39 is 46.7 Å². The standard InChI is InChI=1S/C9H13F3INO5/c1-8(18)6(14-7(17)9(10,11)12)4(13)5(16)3(2-15)19-8/h3-6,15-16,18H,2H2,1H3,(H,14,17)/t3-,4+,5-,6+,8?/m1/s1. The van der Waals surface area contributed by atoms with Crippen LogP contribution in [0.15, 0.2) is 0 Å². The van der Waals surface area contributed by atoms with Crippen molar-refractivity contribution < 1.29 is 38.0 Å². The minimum absolute atomic E-state index is 0.614. The Balaban J connectivity index is 2.90. The molecule has 10 heteroatoms. The lowest BCUT2D eigenvalue weighted by atomic mass is 9.94. The molecule has 0 spiro atoms. The summed E-state index contributed by atoms with van der Waals surface area (Å²) in [5.74, 6) is -4.38. The molecule has 0 saturated carbocycles. The lowest BCUT2D eigenvalue weighted by Crippen LogP contribution is -2.68. The minimum Gasteiger partial charge on any atom is -0.394 e. The average molecular weight is 399 g/mol. The zero-order valence-corrected chi connectivity index (χ0v) is 11.8. The van der Waals surface area contributed by atoms with E-state index in [9.17, 15) is 28.2 Å². The van der Waals surface area contributed by atoms with Gasteiger partial charge < -0.3 is 25.4 Å². The van der Waals surface area contributed by atoms with Gasteiger partial charge in [-0.2, -0.15) is 13.2 Å². The van der Waals surface area contributed by atoms with Crippen molar-refractivity contribution in [1.29, 1.82) is 0 Å². The summed E-state index contributed by atoms with van der Waals surface area (Å²) in [7, 11) is 0. The molecule has 1 unspecified atom stereocenters. The number of halogens is 4. The van der Waals surface area contributed by atoms with Gasteiger partial charge in [-0.3, -0.25) is 4.79 Å². The van der Waals surface area contributed by atoms with Crippen molar-refractivity contribution in [2.45, 2.75) is 41.1 Å². The van der Waals surface area contributed by atoms with E-state index in [2.05, 4.69) is 0 Å². The van der Waals surface area contributed by atoms with Gasteiger partial charge in [0.2, 0.25) is 0 Å². The van der Waals surface area contributed by atoms with Crippen LogP contribution in [-0.2, 0) is 9.53 Å². The van der Waals surface area contributed by atoms with E-state index in [0.717, 1.165) is 6.92 Å². The van der Waals surface area contributed by atoms with Gasteiger partial charge in [0.05, 0.1) is 22.7 Å². The molecule has 1 aliphatic heterocycles. The summed E-state index contributed by atoms with van der Waals surface area (Å²) in [6.07, 6.45) is -7.58. The summed E-state index contributed by atoms with van der Waals surface area (Å²) >= 11 is 1.59. The van der Waals surface area contributed by atoms with E-state index >= 15 is 0 Å². The van der Waals surface area contributed by atoms with Gasteiger partial charge in [0.15, 0.2) is 5.79 Å². The molecule has 0 aliphatic carbocycles. The van der Waals surface area contributed by atoms with Gasteiger partial charge in [-0.05, 0) is 6.92 Å². The largest absolute Gasteiger partial charge is 0.471 e. The molecule has 5 atom stereocenters. The SMILES string of the molecule is CC1(O)O[C@H](CO)[C@@H](O)[C@H](I)[C@@H]1NC(=O)C(F)(F)F. The van der Waals surface area contributed by atoms with E-state index in [1.807, 2.05) is 0 Å². The molecule has 1 rings (SSSR count). The van der Waals surface area contributed by atoms with Gasteiger partial charge in [-0.25, -0.2) is 0 Å². The molecule has 0 radical (unpaired) electrons. The fourth-order valence-electron chi connectivity index (χ4n) is 1.73. The second-order valence-electron chi connectivity index (χ2n) is 4.28. The van der Waals surface area contributed by atoms with Crippen LogP contribution >= 0.6 is 22.6 Å². The molecule has 112 valence electrons. The Morgan fingerprint density at radius 2 is 2.05 bits per heavy atom. The number of rotatable bonds is 2. The molecule has 19 heavy (non-hydrogen) atoms. The zero-order chi connectivity index (χ0) is 15.0. The van der Waals surface area contributed by atoms with Gasteiger partial charge in [-0.15, -0.1) is 0 Å². The lowest BCUT2D eigenvalue weighted by Gasteiger charge is -2.46. The Morgan fingerprint density at radius 3 is 2.47 bits per heavy atom. The minimum atomic E-state index is -5.11. The molecular formula is C9H13F3INO5. The molecule has 1 heterocycles. The Hall–Kier alpha value is -0.170. The van der Waals surface area contributed by atoms with Crippen LogP contribution in [0.1, 0.15) is 6.92 Å². The van der Waals surface area contributed by atoms with Crippen molar-refractivity contribution >= 4 is 28.5 Å². The smallest absolute Gasteiger partial charge is 0.394 e. The van der Waals surface area contributed by atoms with E-state index in [-0.39, 0.29) is 0 Å². The summed E-state index contributed by atoms with van der Waals surface area (Å²) in [5.41, 5.74) is 0. The van der Waals surface area contributed by atoms with Crippen LogP contribution in [0, 0.1) is 0 Å². The average Bonchev–Trinajstić information content (AvgIpc) is 2.27. The van der Waals surface area contributed by atoms with E-state index in [0.29, 0.717) is 0 Å². The molecule has 0 bridgehead atoms. The third-order valence-corrected chi connectivity index (χ3v) is 4.17. The van der Waals surface area contributed by atoms with Gasteiger partial charge in [0.1, 0.15) is 6.10 Å². The summed E-state index contributed by atoms with van der Waals surface area (Å²) < 4.78 is 40.5. The molecule has 1 saturated heterocycles. The Bertz CT molecular complexity index is 351. The lowest BCUT2D eigenvalue weighted by molar-refractivity contribution is -0.282. The van der Waals surface area contributed by atoms with Crippen molar-refractivity contribution in [3.05, 3.63) is 0 Å².